The summed E-state index contributed by atoms with van der Waals surface area (Å²) in [5, 5.41) is 11.0. The van der Waals surface area contributed by atoms with Gasteiger partial charge in [-0.15, -0.1) is 10.2 Å². The van der Waals surface area contributed by atoms with E-state index < -0.39 is 0 Å². The van der Waals surface area contributed by atoms with Crippen molar-refractivity contribution in [1.82, 2.24) is 20.5 Å². The van der Waals surface area contributed by atoms with Crippen molar-refractivity contribution >= 4 is 17.5 Å². The van der Waals surface area contributed by atoms with E-state index in [0.29, 0.717) is 27.9 Å². The highest BCUT2D eigenvalue weighted by molar-refractivity contribution is 6.33. The molecule has 0 spiro atoms. The number of hydrogen-bond acceptors (Lipinski definition) is 5. The largest absolute Gasteiger partial charge is 0.419 e. The van der Waals surface area contributed by atoms with Gasteiger partial charge in [0.1, 0.15) is 0 Å². The van der Waals surface area contributed by atoms with Crippen LogP contribution in [-0.2, 0) is 6.54 Å². The molecule has 3 rings (SSSR count). The van der Waals surface area contributed by atoms with Crippen molar-refractivity contribution in [3.63, 3.8) is 0 Å². The number of benzene rings is 1. The molecule has 1 aromatic carbocycles. The molecule has 0 saturated carbocycles. The molecule has 3 aromatic rings. The summed E-state index contributed by atoms with van der Waals surface area (Å²) in [5.41, 5.74) is 1.12. The Bertz CT molecular complexity index is 789. The second kappa shape index (κ2) is 6.36. The van der Waals surface area contributed by atoms with Gasteiger partial charge in [-0.05, 0) is 24.3 Å². The van der Waals surface area contributed by atoms with E-state index in [9.17, 15) is 4.79 Å². The second-order valence-corrected chi connectivity index (χ2v) is 4.81. The Morgan fingerprint density at radius 3 is 2.82 bits per heavy atom. The molecular weight excluding hydrogens is 304 g/mol. The SMILES string of the molecule is O=C(NCc1nnc(-c2ccccc2Cl)o1)c1cccnc1. The summed E-state index contributed by atoms with van der Waals surface area (Å²) in [7, 11) is 0. The Hall–Kier alpha value is -2.73. The van der Waals surface area contributed by atoms with Gasteiger partial charge in [0.2, 0.25) is 11.8 Å². The predicted octanol–water partition coefficient (Wildman–Crippen LogP) is 2.72. The number of pyridine rings is 1. The third-order valence-electron chi connectivity index (χ3n) is 2.90. The first-order valence-electron chi connectivity index (χ1n) is 6.49. The molecule has 110 valence electrons. The van der Waals surface area contributed by atoms with Crippen molar-refractivity contribution in [2.24, 2.45) is 0 Å². The zero-order valence-corrected chi connectivity index (χ0v) is 12.1. The van der Waals surface area contributed by atoms with E-state index in [-0.39, 0.29) is 12.5 Å². The summed E-state index contributed by atoms with van der Waals surface area (Å²) in [5.74, 6) is 0.356. The number of hydrogen-bond donors (Lipinski definition) is 1. The minimum atomic E-state index is -0.259. The molecular formula is C15H11ClN4O2. The first-order valence-corrected chi connectivity index (χ1v) is 6.87. The number of amides is 1. The fraction of sp³-hybridized carbons (Fsp3) is 0.0667. The quantitative estimate of drug-likeness (QED) is 0.800. The van der Waals surface area contributed by atoms with Crippen molar-refractivity contribution in [3.05, 3.63) is 65.3 Å². The van der Waals surface area contributed by atoms with Crippen molar-refractivity contribution in [1.29, 1.82) is 0 Å². The normalized spacial score (nSPS) is 10.4. The van der Waals surface area contributed by atoms with Crippen LogP contribution >= 0.6 is 11.6 Å². The summed E-state index contributed by atoms with van der Waals surface area (Å²) in [6, 6.07) is 10.5. The number of nitrogens with one attached hydrogen (secondary N) is 1. The van der Waals surface area contributed by atoms with Gasteiger partial charge in [0.25, 0.3) is 5.91 Å². The number of nitrogens with zero attached hydrogens (tertiary/aromatic N) is 3. The summed E-state index contributed by atoms with van der Waals surface area (Å²) in [6.45, 7) is 0.130. The highest BCUT2D eigenvalue weighted by Gasteiger charge is 2.12. The van der Waals surface area contributed by atoms with Crippen LogP contribution in [0.25, 0.3) is 11.5 Å². The van der Waals surface area contributed by atoms with Crippen LogP contribution < -0.4 is 5.32 Å². The first-order chi connectivity index (χ1) is 10.7. The lowest BCUT2D eigenvalue weighted by atomic mass is 10.2. The van der Waals surface area contributed by atoms with E-state index in [1.807, 2.05) is 12.1 Å². The zero-order valence-electron chi connectivity index (χ0n) is 11.4. The molecule has 7 heteroatoms. The number of halogens is 1. The molecule has 0 aliphatic rings. The highest BCUT2D eigenvalue weighted by atomic mass is 35.5. The van der Waals surface area contributed by atoms with E-state index in [0.717, 1.165) is 0 Å². The smallest absolute Gasteiger partial charge is 0.253 e. The Labute approximate surface area is 131 Å². The van der Waals surface area contributed by atoms with Gasteiger partial charge >= 0.3 is 0 Å². The van der Waals surface area contributed by atoms with Gasteiger partial charge in [-0.1, -0.05) is 23.7 Å². The molecule has 0 bridgehead atoms. The van der Waals surface area contributed by atoms with E-state index in [1.165, 1.54) is 6.20 Å². The van der Waals surface area contributed by atoms with Crippen LogP contribution in [0.1, 0.15) is 16.2 Å². The molecule has 22 heavy (non-hydrogen) atoms. The van der Waals surface area contributed by atoms with Gasteiger partial charge in [-0.3, -0.25) is 9.78 Å². The molecule has 0 aliphatic carbocycles. The van der Waals surface area contributed by atoms with Crippen LogP contribution in [-0.4, -0.2) is 21.1 Å². The molecule has 2 aromatic heterocycles. The molecule has 0 atom stereocenters. The van der Waals surface area contributed by atoms with Crippen LogP contribution in [0.4, 0.5) is 0 Å². The van der Waals surface area contributed by atoms with E-state index in [4.69, 9.17) is 16.0 Å². The van der Waals surface area contributed by atoms with Gasteiger partial charge in [0.15, 0.2) is 0 Å². The lowest BCUT2D eigenvalue weighted by Crippen LogP contribution is -2.23. The average molecular weight is 315 g/mol. The topological polar surface area (TPSA) is 80.9 Å². The third-order valence-corrected chi connectivity index (χ3v) is 3.22. The minimum Gasteiger partial charge on any atom is -0.419 e. The summed E-state index contributed by atoms with van der Waals surface area (Å²) < 4.78 is 5.50. The van der Waals surface area contributed by atoms with Crippen molar-refractivity contribution in [3.8, 4) is 11.5 Å². The zero-order chi connectivity index (χ0) is 15.4. The number of aromatic nitrogens is 3. The van der Waals surface area contributed by atoms with Gasteiger partial charge in [0.05, 0.1) is 22.7 Å². The lowest BCUT2D eigenvalue weighted by Gasteiger charge is -2.01. The molecule has 1 N–H and O–H groups in total. The molecule has 0 aliphatic heterocycles. The monoisotopic (exact) mass is 314 g/mol. The second-order valence-electron chi connectivity index (χ2n) is 4.41. The van der Waals surface area contributed by atoms with Gasteiger partial charge in [-0.25, -0.2) is 0 Å². The van der Waals surface area contributed by atoms with Crippen LogP contribution in [0, 0.1) is 0 Å². The molecule has 0 fully saturated rings. The van der Waals surface area contributed by atoms with Gasteiger partial charge in [0, 0.05) is 12.4 Å². The number of carbonyl (C=O) groups excluding carboxylic acids is 1. The van der Waals surface area contributed by atoms with E-state index >= 15 is 0 Å². The van der Waals surface area contributed by atoms with Crippen molar-refractivity contribution in [2.45, 2.75) is 6.54 Å². The minimum absolute atomic E-state index is 0.130. The van der Waals surface area contributed by atoms with Crippen LogP contribution in [0.15, 0.2) is 53.2 Å². The summed E-state index contributed by atoms with van der Waals surface area (Å²) in [6.07, 6.45) is 3.09. The number of carbonyl (C=O) groups is 1. The molecule has 0 radical (unpaired) electrons. The average Bonchev–Trinajstić information content (AvgIpc) is 3.02. The highest BCUT2D eigenvalue weighted by Crippen LogP contribution is 2.26. The third kappa shape index (κ3) is 3.12. The first kappa shape index (κ1) is 14.2. The number of rotatable bonds is 4. The van der Waals surface area contributed by atoms with Crippen LogP contribution in [0.2, 0.25) is 5.02 Å². The Kier molecular flexibility index (Phi) is 4.11. The van der Waals surface area contributed by atoms with Gasteiger partial charge < -0.3 is 9.73 Å². The summed E-state index contributed by atoms with van der Waals surface area (Å²) in [4.78, 5) is 15.8. The lowest BCUT2D eigenvalue weighted by molar-refractivity contribution is 0.0947. The maximum absolute atomic E-state index is 11.9. The Morgan fingerprint density at radius 2 is 2.05 bits per heavy atom. The maximum Gasteiger partial charge on any atom is 0.253 e. The van der Waals surface area contributed by atoms with Crippen LogP contribution in [0.3, 0.4) is 0 Å². The molecule has 1 amide bonds. The fourth-order valence-electron chi connectivity index (χ4n) is 1.82. The summed E-state index contributed by atoms with van der Waals surface area (Å²) >= 11 is 6.07. The Balaban J connectivity index is 1.68. The molecule has 0 unspecified atom stereocenters. The van der Waals surface area contributed by atoms with Crippen LogP contribution in [0.5, 0.6) is 0 Å². The van der Waals surface area contributed by atoms with E-state index in [2.05, 4.69) is 20.5 Å². The van der Waals surface area contributed by atoms with Crippen molar-refractivity contribution in [2.75, 3.05) is 0 Å². The molecule has 0 saturated heterocycles. The van der Waals surface area contributed by atoms with Gasteiger partial charge in [-0.2, -0.15) is 0 Å². The Morgan fingerprint density at radius 1 is 1.18 bits per heavy atom. The fourth-order valence-corrected chi connectivity index (χ4v) is 2.04. The maximum atomic E-state index is 11.9. The molecule has 6 nitrogen and oxygen atoms in total. The van der Waals surface area contributed by atoms with Crippen molar-refractivity contribution < 1.29 is 9.21 Å². The van der Waals surface area contributed by atoms with E-state index in [1.54, 1.807) is 30.5 Å². The standard InChI is InChI=1S/C15H11ClN4O2/c16-12-6-2-1-5-11(12)15-20-19-13(22-15)9-18-14(21)10-4-3-7-17-8-10/h1-8H,9H2,(H,18,21). The predicted molar refractivity (Wildman–Crippen MR) is 80.2 cm³/mol. The molecule has 2 heterocycles.